The minimum atomic E-state index is -1.12. The maximum atomic E-state index is 6.51. The van der Waals surface area contributed by atoms with Crippen LogP contribution in [0.2, 0.25) is 0 Å². The van der Waals surface area contributed by atoms with Crippen LogP contribution in [0.25, 0.3) is 0 Å². The van der Waals surface area contributed by atoms with Gasteiger partial charge in [-0.1, -0.05) is 37.3 Å². The molecule has 0 fully saturated rings. The highest BCUT2D eigenvalue weighted by atomic mass is 16.5. The molecule has 2 aromatic rings. The van der Waals surface area contributed by atoms with Gasteiger partial charge in [0.05, 0.1) is 6.61 Å². The summed E-state index contributed by atoms with van der Waals surface area (Å²) in [5, 5.41) is 6.45. The first-order chi connectivity index (χ1) is 12.1. The van der Waals surface area contributed by atoms with Crippen molar-refractivity contribution in [3.63, 3.8) is 0 Å². The van der Waals surface area contributed by atoms with Crippen LogP contribution in [0, 0.1) is 5.92 Å². The average Bonchev–Trinajstić information content (AvgIpc) is 2.63. The fourth-order valence-corrected chi connectivity index (χ4v) is 2.51. The van der Waals surface area contributed by atoms with Gasteiger partial charge in [0.25, 0.3) is 0 Å². The molecule has 2 heterocycles. The highest BCUT2D eigenvalue weighted by molar-refractivity contribution is 6.13. The van der Waals surface area contributed by atoms with Crippen molar-refractivity contribution >= 4 is 17.5 Å². The quantitative estimate of drug-likeness (QED) is 0.772. The number of pyridine rings is 1. The van der Waals surface area contributed by atoms with Gasteiger partial charge in [0.2, 0.25) is 11.7 Å². The number of amidine groups is 1. The van der Waals surface area contributed by atoms with Crippen LogP contribution in [0.4, 0.5) is 5.69 Å². The van der Waals surface area contributed by atoms with E-state index in [1.54, 1.807) is 19.5 Å². The van der Waals surface area contributed by atoms with Gasteiger partial charge in [-0.25, -0.2) is 9.98 Å². The van der Waals surface area contributed by atoms with Gasteiger partial charge in [0.15, 0.2) is 0 Å². The second-order valence-electron chi connectivity index (χ2n) is 5.91. The van der Waals surface area contributed by atoms with Crippen molar-refractivity contribution in [2.24, 2.45) is 21.6 Å². The van der Waals surface area contributed by atoms with Crippen molar-refractivity contribution in [2.75, 3.05) is 19.0 Å². The number of benzene rings is 1. The lowest BCUT2D eigenvalue weighted by Gasteiger charge is -2.33. The number of aliphatic imine (C=N–C) groups is 2. The van der Waals surface area contributed by atoms with E-state index in [9.17, 15) is 0 Å². The Kier molecular flexibility index (Phi) is 5.06. The molecule has 2 atom stereocenters. The molecule has 0 saturated carbocycles. The summed E-state index contributed by atoms with van der Waals surface area (Å²) in [6.07, 6.45) is 3.42. The van der Waals surface area contributed by atoms with E-state index in [-0.39, 0.29) is 5.92 Å². The third-order valence-electron chi connectivity index (χ3n) is 3.95. The Morgan fingerprint density at radius 2 is 1.88 bits per heavy atom. The van der Waals surface area contributed by atoms with Crippen LogP contribution in [0.5, 0.6) is 0 Å². The van der Waals surface area contributed by atoms with E-state index in [4.69, 9.17) is 10.5 Å². The van der Waals surface area contributed by atoms with Crippen molar-refractivity contribution in [1.29, 1.82) is 0 Å². The van der Waals surface area contributed by atoms with Gasteiger partial charge in [-0.15, -0.1) is 0 Å². The summed E-state index contributed by atoms with van der Waals surface area (Å²) in [6, 6.07) is 13.5. The summed E-state index contributed by atoms with van der Waals surface area (Å²) in [4.78, 5) is 13.3. The van der Waals surface area contributed by atoms with Crippen LogP contribution in [0.15, 0.2) is 64.8 Å². The summed E-state index contributed by atoms with van der Waals surface area (Å²) >= 11 is 0. The van der Waals surface area contributed by atoms with Crippen LogP contribution in [-0.4, -0.2) is 36.3 Å². The molecule has 1 aliphatic rings. The molecule has 130 valence electrons. The molecule has 1 aromatic carbocycles. The molecule has 2 unspecified atom stereocenters. The van der Waals surface area contributed by atoms with Crippen molar-refractivity contribution in [3.05, 3.63) is 60.4 Å². The first kappa shape index (κ1) is 17.1. The van der Waals surface area contributed by atoms with Gasteiger partial charge < -0.3 is 15.4 Å². The zero-order valence-electron chi connectivity index (χ0n) is 14.3. The Hall–Kier alpha value is -2.77. The van der Waals surface area contributed by atoms with Crippen LogP contribution >= 0.6 is 0 Å². The first-order valence-electron chi connectivity index (χ1n) is 8.08. The Balaban J connectivity index is 1.94. The van der Waals surface area contributed by atoms with Gasteiger partial charge in [0.1, 0.15) is 5.84 Å². The van der Waals surface area contributed by atoms with Crippen molar-refractivity contribution < 1.29 is 4.74 Å². The number of nitrogens with zero attached hydrogens (tertiary/aromatic N) is 3. The predicted octanol–water partition coefficient (Wildman–Crippen LogP) is 1.79. The number of ether oxygens (including phenoxy) is 1. The number of hydrogen-bond donors (Lipinski definition) is 3. The van der Waals surface area contributed by atoms with Gasteiger partial charge in [-0.2, -0.15) is 0 Å². The monoisotopic (exact) mass is 338 g/mol. The lowest BCUT2D eigenvalue weighted by Crippen LogP contribution is -2.53. The fourth-order valence-electron chi connectivity index (χ4n) is 2.51. The summed E-state index contributed by atoms with van der Waals surface area (Å²) in [7, 11) is 1.64. The summed E-state index contributed by atoms with van der Waals surface area (Å²) in [5.41, 5.74) is 8.31. The zero-order chi connectivity index (χ0) is 17.7. The number of aromatic nitrogens is 1. The molecule has 1 aromatic heterocycles. The fraction of sp³-hybridized carbons (Fsp3) is 0.278. The van der Waals surface area contributed by atoms with Crippen molar-refractivity contribution in [1.82, 2.24) is 10.3 Å². The molecular weight excluding hydrogens is 316 g/mol. The number of nitrogens with two attached hydrogens (primary N) is 1. The summed E-state index contributed by atoms with van der Waals surface area (Å²) in [6.45, 7) is 2.42. The Morgan fingerprint density at radius 3 is 2.56 bits per heavy atom. The predicted molar refractivity (Wildman–Crippen MR) is 99.4 cm³/mol. The Bertz CT molecular complexity index is 762. The summed E-state index contributed by atoms with van der Waals surface area (Å²) in [5.74, 6) is -0.0300. The smallest absolute Gasteiger partial charge is 0.212 e. The van der Waals surface area contributed by atoms with E-state index in [1.807, 2.05) is 49.4 Å². The van der Waals surface area contributed by atoms with Gasteiger partial charge in [-0.3, -0.25) is 10.7 Å². The van der Waals surface area contributed by atoms with E-state index < -0.39 is 5.79 Å². The molecule has 0 amide bonds. The molecular formula is C18H22N6O. The maximum Gasteiger partial charge on any atom is 0.212 e. The molecule has 3 rings (SSSR count). The highest BCUT2D eigenvalue weighted by Crippen LogP contribution is 2.22. The Labute approximate surface area is 147 Å². The number of hydrogen-bond acceptors (Lipinski definition) is 7. The molecule has 0 spiro atoms. The Morgan fingerprint density at radius 1 is 1.16 bits per heavy atom. The molecule has 0 bridgehead atoms. The van der Waals surface area contributed by atoms with Crippen LogP contribution in [0.1, 0.15) is 12.5 Å². The standard InChI is InChI=1S/C18H22N6O/c1-13(12-25-2)18(19)23-16(14-6-4-3-5-7-14)22-17(24-18)21-15-8-10-20-11-9-15/h3-11,13H,12,19H2,1-2H3,(H2,20,21,22,23,24). The van der Waals surface area contributed by atoms with E-state index >= 15 is 0 Å². The van der Waals surface area contributed by atoms with Crippen molar-refractivity contribution in [2.45, 2.75) is 12.7 Å². The molecule has 7 nitrogen and oxygen atoms in total. The second kappa shape index (κ2) is 7.42. The third-order valence-corrected chi connectivity index (χ3v) is 3.95. The lowest BCUT2D eigenvalue weighted by atomic mass is 10.0. The number of anilines is 1. The highest BCUT2D eigenvalue weighted by Gasteiger charge is 2.35. The van der Waals surface area contributed by atoms with Crippen LogP contribution in [0.3, 0.4) is 0 Å². The van der Waals surface area contributed by atoms with Crippen LogP contribution in [-0.2, 0) is 4.74 Å². The number of rotatable bonds is 5. The molecule has 4 N–H and O–H groups in total. The SMILES string of the molecule is COCC(C)C1(N)N=C(Nc2ccncc2)NC(c2ccccc2)=N1. The van der Waals surface area contributed by atoms with E-state index in [1.165, 1.54) is 0 Å². The zero-order valence-corrected chi connectivity index (χ0v) is 14.3. The average molecular weight is 338 g/mol. The largest absolute Gasteiger partial charge is 0.384 e. The lowest BCUT2D eigenvalue weighted by molar-refractivity contribution is 0.120. The van der Waals surface area contributed by atoms with Crippen molar-refractivity contribution in [3.8, 4) is 0 Å². The van der Waals surface area contributed by atoms with E-state index in [2.05, 4.69) is 25.6 Å². The van der Waals surface area contributed by atoms with Crippen LogP contribution < -0.4 is 16.4 Å². The van der Waals surface area contributed by atoms with Gasteiger partial charge in [0, 0.05) is 36.7 Å². The molecule has 0 saturated heterocycles. The summed E-state index contributed by atoms with van der Waals surface area (Å²) < 4.78 is 5.25. The minimum absolute atomic E-state index is 0.104. The normalized spacial score (nSPS) is 20.9. The number of nitrogens with one attached hydrogen (secondary N) is 2. The molecule has 0 aliphatic carbocycles. The molecule has 1 aliphatic heterocycles. The third kappa shape index (κ3) is 4.01. The molecule has 25 heavy (non-hydrogen) atoms. The van der Waals surface area contributed by atoms with E-state index in [0.717, 1.165) is 11.3 Å². The second-order valence-corrected chi connectivity index (χ2v) is 5.91. The number of guanidine groups is 1. The van der Waals surface area contributed by atoms with E-state index in [0.29, 0.717) is 18.4 Å². The van der Waals surface area contributed by atoms with Gasteiger partial charge in [-0.05, 0) is 12.1 Å². The van der Waals surface area contributed by atoms with Gasteiger partial charge >= 0.3 is 0 Å². The maximum absolute atomic E-state index is 6.51. The first-order valence-corrected chi connectivity index (χ1v) is 8.08. The molecule has 0 radical (unpaired) electrons. The minimum Gasteiger partial charge on any atom is -0.384 e. The molecule has 7 heteroatoms. The number of methoxy groups -OCH3 is 1. The topological polar surface area (TPSA) is 96.9 Å².